The van der Waals surface area contributed by atoms with E-state index in [4.69, 9.17) is 17.4 Å². The van der Waals surface area contributed by atoms with Crippen LogP contribution in [0.4, 0.5) is 0 Å². The predicted octanol–water partition coefficient (Wildman–Crippen LogP) is 6.17. The number of fused-ring (bicyclic) bond motifs is 2. The van der Waals surface area contributed by atoms with Crippen molar-refractivity contribution < 1.29 is 4.74 Å². The van der Waals surface area contributed by atoms with Crippen LogP contribution in [-0.4, -0.2) is 35.6 Å². The molecule has 2 atom stereocenters. The summed E-state index contributed by atoms with van der Waals surface area (Å²) in [5.41, 5.74) is 6.37. The maximum Gasteiger partial charge on any atom is 0.119 e. The second-order valence-corrected chi connectivity index (χ2v) is 9.01. The molecule has 1 N–H and O–H groups in total. The molecule has 2 aromatic carbocycles. The van der Waals surface area contributed by atoms with Gasteiger partial charge >= 0.3 is 0 Å². The highest BCUT2D eigenvalue weighted by molar-refractivity contribution is 7.80. The smallest absolute Gasteiger partial charge is 0.119 e. The van der Waals surface area contributed by atoms with Crippen molar-refractivity contribution in [2.24, 2.45) is 0 Å². The Kier molecular flexibility index (Phi) is 5.09. The highest BCUT2D eigenvalue weighted by Crippen LogP contribution is 2.44. The fraction of sp³-hybridized carbons (Fsp3) is 0.440. The van der Waals surface area contributed by atoms with Gasteiger partial charge in [0.15, 0.2) is 0 Å². The first-order chi connectivity index (χ1) is 14.2. The fourth-order valence-corrected chi connectivity index (χ4v) is 6.02. The van der Waals surface area contributed by atoms with Gasteiger partial charge in [-0.25, -0.2) is 0 Å². The number of thiol groups is 1. The molecule has 2 fully saturated rings. The second kappa shape index (κ2) is 7.73. The number of H-pyrrole nitrogens is 1. The Morgan fingerprint density at radius 3 is 2.93 bits per heavy atom. The lowest BCUT2D eigenvalue weighted by molar-refractivity contribution is 0.181. The van der Waals surface area contributed by atoms with E-state index >= 15 is 0 Å². The van der Waals surface area contributed by atoms with Crippen LogP contribution in [0.25, 0.3) is 22.0 Å². The number of ether oxygens (including phenoxy) is 1. The van der Waals surface area contributed by atoms with E-state index in [-0.39, 0.29) is 0 Å². The van der Waals surface area contributed by atoms with Gasteiger partial charge < -0.3 is 14.6 Å². The van der Waals surface area contributed by atoms with E-state index in [2.05, 4.69) is 47.1 Å². The molecule has 3 nitrogen and oxygen atoms in total. The van der Waals surface area contributed by atoms with Crippen molar-refractivity contribution in [3.8, 4) is 16.9 Å². The van der Waals surface area contributed by atoms with E-state index in [0.29, 0.717) is 12.5 Å². The van der Waals surface area contributed by atoms with E-state index in [1.165, 1.54) is 72.1 Å². The van der Waals surface area contributed by atoms with E-state index in [1.54, 1.807) is 0 Å². The lowest BCUT2D eigenvalue weighted by Gasteiger charge is -2.35. The zero-order chi connectivity index (χ0) is 20.0. The molecule has 0 bridgehead atoms. The Bertz CT molecular complexity index is 1040. The van der Waals surface area contributed by atoms with Crippen LogP contribution in [-0.2, 0) is 0 Å². The molecule has 1 aromatic heterocycles. The van der Waals surface area contributed by atoms with E-state index in [9.17, 15) is 0 Å². The molecule has 152 valence electrons. The lowest BCUT2D eigenvalue weighted by atomic mass is 9.83. The quantitative estimate of drug-likeness (QED) is 0.507. The molecule has 4 heteroatoms. The lowest BCUT2D eigenvalue weighted by Crippen LogP contribution is -2.37. The molecule has 29 heavy (non-hydrogen) atoms. The van der Waals surface area contributed by atoms with E-state index in [0.717, 1.165) is 16.7 Å². The molecule has 2 saturated heterocycles. The molecule has 3 heterocycles. The van der Waals surface area contributed by atoms with Gasteiger partial charge in [0, 0.05) is 27.5 Å². The van der Waals surface area contributed by atoms with Crippen LogP contribution in [0.15, 0.2) is 41.3 Å². The standard InChI is InChI=1S/C25H30N2OS/c1-3-28-20-8-4-6-17(15-20)21-9-10-22-24(25(21)29)23(16(2)26-22)18-11-13-27-12-5-7-19(27)14-18/h4,6,8-10,15,18-19,26,29H,3,5,7,11-14H2,1-2H3. The normalized spacial score (nSPS) is 22.2. The summed E-state index contributed by atoms with van der Waals surface area (Å²) in [7, 11) is 0. The summed E-state index contributed by atoms with van der Waals surface area (Å²) in [6, 6.07) is 13.5. The van der Waals surface area contributed by atoms with Crippen molar-refractivity contribution in [3.63, 3.8) is 0 Å². The molecule has 0 radical (unpaired) electrons. The SMILES string of the molecule is CCOc1cccc(-c2ccc3[nH]c(C)c(C4CCN5CCCC5C4)c3c2S)c1. The summed E-state index contributed by atoms with van der Waals surface area (Å²) in [5, 5.41) is 1.32. The van der Waals surface area contributed by atoms with Crippen LogP contribution >= 0.6 is 12.6 Å². The van der Waals surface area contributed by atoms with Crippen molar-refractivity contribution >= 4 is 23.5 Å². The monoisotopic (exact) mass is 406 g/mol. The third-order valence-electron chi connectivity index (χ3n) is 6.86. The number of aryl methyl sites for hydroxylation is 1. The number of aromatic nitrogens is 1. The van der Waals surface area contributed by atoms with Gasteiger partial charge in [-0.05, 0) is 93.4 Å². The average molecular weight is 407 g/mol. The van der Waals surface area contributed by atoms with Gasteiger partial charge in [-0.2, -0.15) is 0 Å². The third-order valence-corrected chi connectivity index (χ3v) is 7.32. The summed E-state index contributed by atoms with van der Waals surface area (Å²) < 4.78 is 5.72. The number of hydrogen-bond donors (Lipinski definition) is 2. The van der Waals surface area contributed by atoms with Gasteiger partial charge in [-0.15, -0.1) is 12.6 Å². The number of rotatable bonds is 4. The van der Waals surface area contributed by atoms with Gasteiger partial charge in [-0.1, -0.05) is 18.2 Å². The number of piperidine rings is 1. The van der Waals surface area contributed by atoms with Crippen LogP contribution < -0.4 is 4.74 Å². The Labute approximate surface area is 178 Å². The van der Waals surface area contributed by atoms with Crippen LogP contribution in [0.5, 0.6) is 5.75 Å². The summed E-state index contributed by atoms with van der Waals surface area (Å²) in [6.07, 6.45) is 5.26. The number of nitrogens with zero attached hydrogens (tertiary/aromatic N) is 1. The zero-order valence-corrected chi connectivity index (χ0v) is 18.3. The minimum Gasteiger partial charge on any atom is -0.494 e. The Morgan fingerprint density at radius 1 is 1.17 bits per heavy atom. The summed E-state index contributed by atoms with van der Waals surface area (Å²) in [4.78, 5) is 7.44. The highest BCUT2D eigenvalue weighted by atomic mass is 32.1. The van der Waals surface area contributed by atoms with Gasteiger partial charge in [0.25, 0.3) is 0 Å². The van der Waals surface area contributed by atoms with Gasteiger partial charge in [-0.3, -0.25) is 0 Å². The predicted molar refractivity (Wildman–Crippen MR) is 123 cm³/mol. The van der Waals surface area contributed by atoms with Crippen molar-refractivity contribution in [1.82, 2.24) is 9.88 Å². The Balaban J connectivity index is 1.58. The molecule has 0 saturated carbocycles. The summed E-state index contributed by atoms with van der Waals surface area (Å²) in [6.45, 7) is 7.46. The number of nitrogens with one attached hydrogen (secondary N) is 1. The zero-order valence-electron chi connectivity index (χ0n) is 17.4. The molecular weight excluding hydrogens is 376 g/mol. The molecule has 2 unspecified atom stereocenters. The van der Waals surface area contributed by atoms with Crippen LogP contribution in [0.3, 0.4) is 0 Å². The van der Waals surface area contributed by atoms with Crippen LogP contribution in [0, 0.1) is 6.92 Å². The summed E-state index contributed by atoms with van der Waals surface area (Å²) in [5.74, 6) is 1.54. The first-order valence-electron chi connectivity index (χ1n) is 11.0. The molecule has 3 aromatic rings. The first kappa shape index (κ1) is 19.1. The average Bonchev–Trinajstić information content (AvgIpc) is 3.32. The van der Waals surface area contributed by atoms with Gasteiger partial charge in [0.1, 0.15) is 5.75 Å². The van der Waals surface area contributed by atoms with E-state index in [1.807, 2.05) is 13.0 Å². The molecule has 0 amide bonds. The van der Waals surface area contributed by atoms with Crippen molar-refractivity contribution in [3.05, 3.63) is 47.7 Å². The first-order valence-corrected chi connectivity index (χ1v) is 11.4. The van der Waals surface area contributed by atoms with Gasteiger partial charge in [0.2, 0.25) is 0 Å². The van der Waals surface area contributed by atoms with Crippen molar-refractivity contribution in [2.75, 3.05) is 19.7 Å². The van der Waals surface area contributed by atoms with Gasteiger partial charge in [0.05, 0.1) is 6.61 Å². The third kappa shape index (κ3) is 3.36. The maximum absolute atomic E-state index is 5.72. The fourth-order valence-electron chi connectivity index (χ4n) is 5.57. The summed E-state index contributed by atoms with van der Waals surface area (Å²) >= 11 is 5.07. The maximum atomic E-state index is 5.72. The minimum absolute atomic E-state index is 0.624. The second-order valence-electron chi connectivity index (χ2n) is 8.56. The van der Waals surface area contributed by atoms with Crippen LogP contribution in [0.2, 0.25) is 0 Å². The van der Waals surface area contributed by atoms with Crippen molar-refractivity contribution in [1.29, 1.82) is 0 Å². The minimum atomic E-state index is 0.624. The molecule has 0 aliphatic carbocycles. The Morgan fingerprint density at radius 2 is 2.07 bits per heavy atom. The molecule has 0 spiro atoms. The van der Waals surface area contributed by atoms with E-state index < -0.39 is 0 Å². The number of aromatic amines is 1. The molecular formula is C25H30N2OS. The molecule has 5 rings (SSSR count). The van der Waals surface area contributed by atoms with Crippen molar-refractivity contribution in [2.45, 2.75) is 56.4 Å². The number of benzene rings is 2. The van der Waals surface area contributed by atoms with Crippen LogP contribution in [0.1, 0.15) is 49.8 Å². The number of hydrogen-bond acceptors (Lipinski definition) is 3. The Hall–Kier alpha value is -1.91. The molecule has 2 aliphatic heterocycles. The molecule has 2 aliphatic rings. The highest BCUT2D eigenvalue weighted by Gasteiger charge is 2.34. The topological polar surface area (TPSA) is 28.3 Å². The largest absolute Gasteiger partial charge is 0.494 e.